The van der Waals surface area contributed by atoms with Crippen molar-refractivity contribution in [1.82, 2.24) is 0 Å². The Labute approximate surface area is 162 Å². The highest BCUT2D eigenvalue weighted by Gasteiger charge is 2.51. The highest BCUT2D eigenvalue weighted by molar-refractivity contribution is 6.17. The summed E-state index contributed by atoms with van der Waals surface area (Å²) in [5.41, 5.74) is 1.29. The molecule has 1 spiro atoms. The monoisotopic (exact) mass is 367 g/mol. The summed E-state index contributed by atoms with van der Waals surface area (Å²) in [5, 5.41) is 12.1. The van der Waals surface area contributed by atoms with Crippen molar-refractivity contribution in [2.75, 3.05) is 5.06 Å². The zero-order valence-corrected chi connectivity index (χ0v) is 14.9. The van der Waals surface area contributed by atoms with Gasteiger partial charge in [-0.3, -0.25) is 10.0 Å². The summed E-state index contributed by atoms with van der Waals surface area (Å²) in [6.07, 6.45) is 3.38. The number of benzene rings is 3. The Kier molecular flexibility index (Phi) is 3.67. The number of hydrogen-bond acceptors (Lipinski definition) is 4. The molecule has 0 aliphatic carbocycles. The molecular weight excluding hydrogens is 350 g/mol. The second kappa shape index (κ2) is 6.22. The number of anilines is 1. The van der Waals surface area contributed by atoms with Crippen LogP contribution in [0.25, 0.3) is 11.5 Å². The maximum absolute atomic E-state index is 13.4. The molecule has 0 bridgehead atoms. The lowest BCUT2D eigenvalue weighted by Crippen LogP contribution is -2.47. The third-order valence-corrected chi connectivity index (χ3v) is 5.13. The van der Waals surface area contributed by atoms with Crippen LogP contribution in [0.1, 0.15) is 21.5 Å². The van der Waals surface area contributed by atoms with E-state index in [9.17, 15) is 10.0 Å². The van der Waals surface area contributed by atoms with E-state index < -0.39 is 5.54 Å². The summed E-state index contributed by atoms with van der Waals surface area (Å²) >= 11 is 0. The quantitative estimate of drug-likeness (QED) is 0.698. The molecule has 0 saturated heterocycles. The molecular formula is C24H17NO3. The van der Waals surface area contributed by atoms with E-state index in [1.54, 1.807) is 36.4 Å². The summed E-state index contributed by atoms with van der Waals surface area (Å²) < 4.78 is 6.17. The number of para-hydroxylation sites is 1. The zero-order valence-electron chi connectivity index (χ0n) is 14.9. The van der Waals surface area contributed by atoms with Crippen LogP contribution in [0.15, 0.2) is 97.1 Å². The Morgan fingerprint density at radius 3 is 1.75 bits per heavy atom. The molecule has 0 atom stereocenters. The Balaban J connectivity index is 1.72. The Morgan fingerprint density at radius 2 is 1.21 bits per heavy atom. The second-order valence-corrected chi connectivity index (χ2v) is 6.83. The van der Waals surface area contributed by atoms with Crippen LogP contribution in [-0.2, 0) is 4.74 Å². The summed E-state index contributed by atoms with van der Waals surface area (Å²) in [6, 6.07) is 26.2. The van der Waals surface area contributed by atoms with E-state index in [4.69, 9.17) is 4.74 Å². The van der Waals surface area contributed by atoms with E-state index in [1.807, 2.05) is 60.7 Å². The number of ether oxygens (including phenoxy) is 1. The van der Waals surface area contributed by atoms with Crippen molar-refractivity contribution in [3.05, 3.63) is 114 Å². The first kappa shape index (κ1) is 16.5. The summed E-state index contributed by atoms with van der Waals surface area (Å²) in [7, 11) is 0. The summed E-state index contributed by atoms with van der Waals surface area (Å²) in [5.74, 6) is 0.875. The molecule has 0 saturated carbocycles. The molecule has 0 radical (unpaired) electrons. The normalized spacial score (nSPS) is 17.0. The molecule has 0 amide bonds. The average molecular weight is 367 g/mol. The molecule has 0 aromatic heterocycles. The molecule has 2 aliphatic heterocycles. The van der Waals surface area contributed by atoms with Gasteiger partial charge in [-0.2, -0.15) is 0 Å². The molecule has 28 heavy (non-hydrogen) atoms. The molecule has 1 N–H and O–H groups in total. The van der Waals surface area contributed by atoms with Crippen molar-refractivity contribution in [2.24, 2.45) is 0 Å². The van der Waals surface area contributed by atoms with E-state index in [0.717, 1.165) is 16.2 Å². The molecule has 2 heterocycles. The Morgan fingerprint density at radius 1 is 0.714 bits per heavy atom. The Hall–Kier alpha value is -3.63. The van der Waals surface area contributed by atoms with Gasteiger partial charge in [-0.25, -0.2) is 5.06 Å². The van der Waals surface area contributed by atoms with E-state index >= 15 is 0 Å². The molecule has 4 heteroatoms. The van der Waals surface area contributed by atoms with Gasteiger partial charge in [0.15, 0.2) is 5.54 Å². The summed E-state index contributed by atoms with van der Waals surface area (Å²) in [6.45, 7) is 0. The standard InChI is InChI=1S/C24H17NO3/c26-23-19-13-7-8-14-20(19)25(27)24(23)15-21(17-9-3-1-4-10-17)28-22(16-24)18-11-5-2-6-12-18/h1-16,27H. The second-order valence-electron chi connectivity index (χ2n) is 6.83. The number of ketones is 1. The highest BCUT2D eigenvalue weighted by atomic mass is 16.5. The van der Waals surface area contributed by atoms with Crippen LogP contribution in [0.5, 0.6) is 0 Å². The molecule has 0 unspecified atom stereocenters. The van der Waals surface area contributed by atoms with E-state index in [-0.39, 0.29) is 5.78 Å². The summed E-state index contributed by atoms with van der Waals surface area (Å²) in [4.78, 5) is 13.4. The number of carbonyl (C=O) groups excluding carboxylic acids is 1. The molecule has 136 valence electrons. The fourth-order valence-electron chi connectivity index (χ4n) is 3.72. The van der Waals surface area contributed by atoms with E-state index in [2.05, 4.69) is 0 Å². The number of rotatable bonds is 2. The van der Waals surface area contributed by atoms with Crippen molar-refractivity contribution in [3.63, 3.8) is 0 Å². The topological polar surface area (TPSA) is 49.8 Å². The van der Waals surface area contributed by atoms with Gasteiger partial charge in [0.2, 0.25) is 5.78 Å². The van der Waals surface area contributed by atoms with E-state index in [1.165, 1.54) is 0 Å². The fourth-order valence-corrected chi connectivity index (χ4v) is 3.72. The average Bonchev–Trinajstić information content (AvgIpc) is 2.97. The van der Waals surface area contributed by atoms with Gasteiger partial charge in [0.1, 0.15) is 11.5 Å². The lowest BCUT2D eigenvalue weighted by atomic mass is 9.88. The van der Waals surface area contributed by atoms with Gasteiger partial charge in [-0.15, -0.1) is 0 Å². The van der Waals surface area contributed by atoms with Gasteiger partial charge in [0, 0.05) is 16.7 Å². The molecule has 3 aromatic rings. The largest absolute Gasteiger partial charge is 0.457 e. The minimum atomic E-state index is -1.35. The maximum Gasteiger partial charge on any atom is 0.201 e. The van der Waals surface area contributed by atoms with Gasteiger partial charge in [0.25, 0.3) is 0 Å². The van der Waals surface area contributed by atoms with Gasteiger partial charge in [-0.05, 0) is 24.3 Å². The molecule has 4 nitrogen and oxygen atoms in total. The van der Waals surface area contributed by atoms with Crippen molar-refractivity contribution in [1.29, 1.82) is 0 Å². The number of Topliss-reactive ketones (excluding diaryl/α,β-unsaturated/α-hetero) is 1. The predicted octanol–water partition coefficient (Wildman–Crippen LogP) is 4.93. The van der Waals surface area contributed by atoms with Crippen molar-refractivity contribution < 1.29 is 14.7 Å². The van der Waals surface area contributed by atoms with Gasteiger partial charge in [0.05, 0.1) is 5.69 Å². The fraction of sp³-hybridized carbons (Fsp3) is 0.0417. The van der Waals surface area contributed by atoms with Gasteiger partial charge in [-0.1, -0.05) is 72.8 Å². The molecule has 3 aromatic carbocycles. The SMILES string of the molecule is O=C1c2ccccc2N(O)C12C=C(c1ccccc1)OC(c1ccccc1)=C2. The highest BCUT2D eigenvalue weighted by Crippen LogP contribution is 2.45. The molecule has 2 aliphatic rings. The predicted molar refractivity (Wildman–Crippen MR) is 108 cm³/mol. The van der Waals surface area contributed by atoms with Crippen molar-refractivity contribution in [3.8, 4) is 0 Å². The van der Waals surface area contributed by atoms with E-state index in [0.29, 0.717) is 22.8 Å². The zero-order chi connectivity index (χ0) is 19.1. The van der Waals surface area contributed by atoms with Crippen LogP contribution >= 0.6 is 0 Å². The number of carbonyl (C=O) groups is 1. The van der Waals surface area contributed by atoms with Crippen LogP contribution in [0.4, 0.5) is 5.69 Å². The maximum atomic E-state index is 13.4. The minimum Gasteiger partial charge on any atom is -0.457 e. The number of fused-ring (bicyclic) bond motifs is 1. The minimum absolute atomic E-state index is 0.184. The van der Waals surface area contributed by atoms with Crippen molar-refractivity contribution in [2.45, 2.75) is 5.54 Å². The number of nitrogens with zero attached hydrogens (tertiary/aromatic N) is 1. The first-order valence-electron chi connectivity index (χ1n) is 9.06. The first-order chi connectivity index (χ1) is 13.7. The lowest BCUT2D eigenvalue weighted by Gasteiger charge is -2.33. The molecule has 5 rings (SSSR count). The van der Waals surface area contributed by atoms with Crippen LogP contribution in [-0.4, -0.2) is 16.5 Å². The van der Waals surface area contributed by atoms with Gasteiger partial charge < -0.3 is 4.74 Å². The van der Waals surface area contributed by atoms with Crippen LogP contribution < -0.4 is 5.06 Å². The van der Waals surface area contributed by atoms with Crippen LogP contribution in [0.2, 0.25) is 0 Å². The molecule has 0 fully saturated rings. The van der Waals surface area contributed by atoms with Crippen LogP contribution in [0, 0.1) is 0 Å². The number of hydrogen-bond donors (Lipinski definition) is 1. The van der Waals surface area contributed by atoms with Crippen molar-refractivity contribution >= 4 is 23.0 Å². The number of hydroxylamine groups is 1. The lowest BCUT2D eigenvalue weighted by molar-refractivity contribution is 0.0896. The van der Waals surface area contributed by atoms with Crippen LogP contribution in [0.3, 0.4) is 0 Å². The van der Waals surface area contributed by atoms with Gasteiger partial charge >= 0.3 is 0 Å². The third kappa shape index (κ3) is 2.39. The third-order valence-electron chi connectivity index (χ3n) is 5.13. The Bertz CT molecular complexity index is 1060. The smallest absolute Gasteiger partial charge is 0.201 e. The first-order valence-corrected chi connectivity index (χ1v) is 9.06.